The molecular formula is C18H22FN3O. The van der Waals surface area contributed by atoms with Crippen LogP contribution in [0, 0.1) is 5.82 Å². The third kappa shape index (κ3) is 5.62. The molecule has 23 heavy (non-hydrogen) atoms. The van der Waals surface area contributed by atoms with Crippen LogP contribution in [-0.4, -0.2) is 38.1 Å². The van der Waals surface area contributed by atoms with Crippen molar-refractivity contribution in [2.75, 3.05) is 27.2 Å². The number of ether oxygens (including phenoxy) is 1. The molecule has 122 valence electrons. The molecule has 0 aliphatic carbocycles. The molecule has 1 N–H and O–H groups in total. The van der Waals surface area contributed by atoms with Crippen molar-refractivity contribution in [2.24, 2.45) is 4.99 Å². The van der Waals surface area contributed by atoms with Gasteiger partial charge in [-0.15, -0.1) is 0 Å². The van der Waals surface area contributed by atoms with E-state index in [4.69, 9.17) is 4.74 Å². The maximum absolute atomic E-state index is 12.9. The molecule has 0 fully saturated rings. The number of aliphatic imine (C=N–C) groups is 1. The number of para-hydroxylation sites is 1. The summed E-state index contributed by atoms with van der Waals surface area (Å²) in [6.45, 7) is 1.85. The third-order valence-electron chi connectivity index (χ3n) is 3.30. The molecule has 0 atom stereocenters. The van der Waals surface area contributed by atoms with Crippen molar-refractivity contribution in [3.05, 3.63) is 66.0 Å². The monoisotopic (exact) mass is 315 g/mol. The first-order valence-corrected chi connectivity index (χ1v) is 7.53. The van der Waals surface area contributed by atoms with Crippen LogP contribution in [0.15, 0.2) is 59.6 Å². The molecule has 0 spiro atoms. The van der Waals surface area contributed by atoms with Crippen LogP contribution in [0.4, 0.5) is 4.39 Å². The topological polar surface area (TPSA) is 36.9 Å². The quantitative estimate of drug-likeness (QED) is 0.506. The minimum Gasteiger partial charge on any atom is -0.492 e. The maximum Gasteiger partial charge on any atom is 0.193 e. The molecule has 2 aromatic rings. The van der Waals surface area contributed by atoms with E-state index in [0.717, 1.165) is 17.3 Å². The van der Waals surface area contributed by atoms with Crippen LogP contribution in [0.2, 0.25) is 0 Å². The lowest BCUT2D eigenvalue weighted by Crippen LogP contribution is -2.40. The molecule has 0 heterocycles. The summed E-state index contributed by atoms with van der Waals surface area (Å²) >= 11 is 0. The number of nitrogens with zero attached hydrogens (tertiary/aromatic N) is 2. The summed E-state index contributed by atoms with van der Waals surface area (Å²) in [5.41, 5.74) is 1.03. The minimum absolute atomic E-state index is 0.225. The Balaban J connectivity index is 1.76. The van der Waals surface area contributed by atoms with Gasteiger partial charge in [-0.3, -0.25) is 4.99 Å². The average Bonchev–Trinajstić information content (AvgIpc) is 2.58. The standard InChI is InChI=1S/C18H22FN3O/c1-20-18(21-12-13-23-17-6-4-3-5-7-17)22(2)14-15-8-10-16(19)11-9-15/h3-11H,12-14H2,1-2H3,(H,20,21). The lowest BCUT2D eigenvalue weighted by atomic mass is 10.2. The summed E-state index contributed by atoms with van der Waals surface area (Å²) in [5, 5.41) is 3.25. The minimum atomic E-state index is -0.225. The molecule has 0 aromatic heterocycles. The van der Waals surface area contributed by atoms with Crippen molar-refractivity contribution in [3.8, 4) is 5.75 Å². The van der Waals surface area contributed by atoms with Crippen LogP contribution in [0.3, 0.4) is 0 Å². The van der Waals surface area contributed by atoms with Crippen LogP contribution < -0.4 is 10.1 Å². The van der Waals surface area contributed by atoms with Crippen LogP contribution in [0.1, 0.15) is 5.56 Å². The molecule has 0 bridgehead atoms. The van der Waals surface area contributed by atoms with E-state index in [0.29, 0.717) is 19.7 Å². The first-order valence-electron chi connectivity index (χ1n) is 7.53. The molecule has 0 aliphatic rings. The Morgan fingerprint density at radius 2 is 1.83 bits per heavy atom. The average molecular weight is 315 g/mol. The normalized spacial score (nSPS) is 11.2. The predicted molar refractivity (Wildman–Crippen MR) is 91.2 cm³/mol. The summed E-state index contributed by atoms with van der Waals surface area (Å²) in [7, 11) is 3.68. The van der Waals surface area contributed by atoms with Gasteiger partial charge in [0.25, 0.3) is 0 Å². The van der Waals surface area contributed by atoms with Crippen molar-refractivity contribution < 1.29 is 9.13 Å². The second kappa shape index (κ2) is 8.78. The van der Waals surface area contributed by atoms with E-state index in [-0.39, 0.29) is 5.82 Å². The molecule has 4 nitrogen and oxygen atoms in total. The van der Waals surface area contributed by atoms with E-state index in [1.54, 1.807) is 19.2 Å². The van der Waals surface area contributed by atoms with Gasteiger partial charge in [0.2, 0.25) is 0 Å². The van der Waals surface area contributed by atoms with Gasteiger partial charge in [0.1, 0.15) is 18.2 Å². The van der Waals surface area contributed by atoms with Crippen molar-refractivity contribution in [2.45, 2.75) is 6.54 Å². The zero-order chi connectivity index (χ0) is 16.5. The Kier molecular flexibility index (Phi) is 6.41. The number of hydrogen-bond donors (Lipinski definition) is 1. The summed E-state index contributed by atoms with van der Waals surface area (Å²) in [4.78, 5) is 6.23. The van der Waals surface area contributed by atoms with Crippen LogP contribution in [0.5, 0.6) is 5.75 Å². The summed E-state index contributed by atoms with van der Waals surface area (Å²) < 4.78 is 18.6. The van der Waals surface area contributed by atoms with Crippen LogP contribution in [-0.2, 0) is 6.54 Å². The van der Waals surface area contributed by atoms with Crippen LogP contribution >= 0.6 is 0 Å². The number of benzene rings is 2. The van der Waals surface area contributed by atoms with Crippen LogP contribution in [0.25, 0.3) is 0 Å². The highest BCUT2D eigenvalue weighted by atomic mass is 19.1. The second-order valence-electron chi connectivity index (χ2n) is 5.12. The number of halogens is 1. The van der Waals surface area contributed by atoms with E-state index in [2.05, 4.69) is 10.3 Å². The highest BCUT2D eigenvalue weighted by Gasteiger charge is 2.06. The van der Waals surface area contributed by atoms with Gasteiger partial charge in [0.15, 0.2) is 5.96 Å². The smallest absolute Gasteiger partial charge is 0.193 e. The SMILES string of the molecule is CN=C(NCCOc1ccccc1)N(C)Cc1ccc(F)cc1. The summed E-state index contributed by atoms with van der Waals surface area (Å²) in [5.74, 6) is 1.40. The van der Waals surface area contributed by atoms with Gasteiger partial charge in [-0.2, -0.15) is 0 Å². The molecule has 0 aliphatic heterocycles. The summed E-state index contributed by atoms with van der Waals surface area (Å²) in [6, 6.07) is 16.2. The molecule has 0 amide bonds. The zero-order valence-corrected chi connectivity index (χ0v) is 13.5. The fourth-order valence-electron chi connectivity index (χ4n) is 2.17. The molecule has 0 unspecified atom stereocenters. The lowest BCUT2D eigenvalue weighted by Gasteiger charge is -2.22. The molecule has 5 heteroatoms. The second-order valence-corrected chi connectivity index (χ2v) is 5.12. The van der Waals surface area contributed by atoms with Gasteiger partial charge >= 0.3 is 0 Å². The molecule has 2 aromatic carbocycles. The van der Waals surface area contributed by atoms with Crippen molar-refractivity contribution in [1.82, 2.24) is 10.2 Å². The number of nitrogens with one attached hydrogen (secondary N) is 1. The molecule has 0 radical (unpaired) electrons. The zero-order valence-electron chi connectivity index (χ0n) is 13.5. The van der Waals surface area contributed by atoms with Gasteiger partial charge in [-0.05, 0) is 29.8 Å². The van der Waals surface area contributed by atoms with E-state index >= 15 is 0 Å². The van der Waals surface area contributed by atoms with Gasteiger partial charge in [0, 0.05) is 20.6 Å². The molecule has 0 saturated carbocycles. The van der Waals surface area contributed by atoms with Crippen molar-refractivity contribution >= 4 is 5.96 Å². The lowest BCUT2D eigenvalue weighted by molar-refractivity contribution is 0.319. The van der Waals surface area contributed by atoms with E-state index in [1.807, 2.05) is 42.3 Å². The number of rotatable bonds is 6. The Bertz CT molecular complexity index is 614. The largest absolute Gasteiger partial charge is 0.492 e. The van der Waals surface area contributed by atoms with E-state index in [9.17, 15) is 4.39 Å². The fourth-order valence-corrected chi connectivity index (χ4v) is 2.17. The highest BCUT2D eigenvalue weighted by Crippen LogP contribution is 2.08. The number of guanidine groups is 1. The van der Waals surface area contributed by atoms with Crippen molar-refractivity contribution in [1.29, 1.82) is 0 Å². The fraction of sp³-hybridized carbons (Fsp3) is 0.278. The first-order chi connectivity index (χ1) is 11.2. The Morgan fingerprint density at radius 3 is 2.48 bits per heavy atom. The molecule has 2 rings (SSSR count). The number of hydrogen-bond acceptors (Lipinski definition) is 2. The first kappa shape index (κ1) is 16.8. The van der Waals surface area contributed by atoms with E-state index < -0.39 is 0 Å². The Hall–Kier alpha value is -2.56. The van der Waals surface area contributed by atoms with Crippen molar-refractivity contribution in [3.63, 3.8) is 0 Å². The van der Waals surface area contributed by atoms with Gasteiger partial charge in [-0.1, -0.05) is 30.3 Å². The highest BCUT2D eigenvalue weighted by molar-refractivity contribution is 5.79. The van der Waals surface area contributed by atoms with Gasteiger partial charge in [-0.25, -0.2) is 4.39 Å². The molecule has 0 saturated heterocycles. The van der Waals surface area contributed by atoms with Gasteiger partial charge in [0.05, 0.1) is 6.54 Å². The third-order valence-corrected chi connectivity index (χ3v) is 3.30. The van der Waals surface area contributed by atoms with Gasteiger partial charge < -0.3 is 15.0 Å². The predicted octanol–water partition coefficient (Wildman–Crippen LogP) is 2.91. The molecular weight excluding hydrogens is 293 g/mol. The van der Waals surface area contributed by atoms with E-state index in [1.165, 1.54) is 12.1 Å². The Morgan fingerprint density at radius 1 is 1.13 bits per heavy atom. The summed E-state index contributed by atoms with van der Waals surface area (Å²) in [6.07, 6.45) is 0. The maximum atomic E-state index is 12.9. The Labute approximate surface area is 136 Å².